The molecule has 43 heavy (non-hydrogen) atoms. The number of nitrogens with one attached hydrogen (secondary N) is 1. The predicted molar refractivity (Wildman–Crippen MR) is 171 cm³/mol. The number of sulfonamides is 1. The number of hydrogen-bond donors (Lipinski definition) is 1. The minimum absolute atomic E-state index is 0.0165. The molecule has 4 rings (SSSR count). The molecule has 0 fully saturated rings. The highest BCUT2D eigenvalue weighted by Gasteiger charge is 2.34. The lowest BCUT2D eigenvalue weighted by Crippen LogP contribution is -2.53. The van der Waals surface area contributed by atoms with Gasteiger partial charge in [-0.15, -0.1) is 0 Å². The van der Waals surface area contributed by atoms with Gasteiger partial charge in [-0.1, -0.05) is 103 Å². The molecule has 1 atom stereocenters. The van der Waals surface area contributed by atoms with Crippen molar-refractivity contribution >= 4 is 39.1 Å². The van der Waals surface area contributed by atoms with E-state index < -0.39 is 28.5 Å². The molecular weight excluding hydrogens is 582 g/mol. The van der Waals surface area contributed by atoms with Gasteiger partial charge in [-0.3, -0.25) is 13.9 Å². The summed E-state index contributed by atoms with van der Waals surface area (Å²) >= 11 is 6.53. The number of anilines is 1. The fourth-order valence-corrected chi connectivity index (χ4v) is 6.32. The maximum Gasteiger partial charge on any atom is 0.264 e. The van der Waals surface area contributed by atoms with Crippen LogP contribution in [0.5, 0.6) is 0 Å². The van der Waals surface area contributed by atoms with Crippen molar-refractivity contribution in [1.82, 2.24) is 10.2 Å². The van der Waals surface area contributed by atoms with Crippen molar-refractivity contribution in [1.29, 1.82) is 0 Å². The summed E-state index contributed by atoms with van der Waals surface area (Å²) in [6.07, 6.45) is 0.960. The summed E-state index contributed by atoms with van der Waals surface area (Å²) < 4.78 is 29.1. The molecule has 4 aromatic carbocycles. The van der Waals surface area contributed by atoms with Gasteiger partial charge >= 0.3 is 0 Å². The molecular formula is C34H36ClN3O4S. The minimum atomic E-state index is -4.14. The van der Waals surface area contributed by atoms with Crippen molar-refractivity contribution in [2.45, 2.75) is 44.2 Å². The predicted octanol–water partition coefficient (Wildman–Crippen LogP) is 6.01. The largest absolute Gasteiger partial charge is 0.354 e. The highest BCUT2D eigenvalue weighted by Crippen LogP contribution is 2.26. The third-order valence-corrected chi connectivity index (χ3v) is 9.21. The number of hydrogen-bond acceptors (Lipinski definition) is 4. The molecule has 0 heterocycles. The fourth-order valence-electron chi connectivity index (χ4n) is 4.69. The van der Waals surface area contributed by atoms with Crippen molar-refractivity contribution in [2.75, 3.05) is 17.4 Å². The Labute approximate surface area is 259 Å². The fraction of sp³-hybridized carbons (Fsp3) is 0.235. The van der Waals surface area contributed by atoms with E-state index >= 15 is 0 Å². The molecule has 2 amide bonds. The molecule has 0 aliphatic carbocycles. The lowest BCUT2D eigenvalue weighted by molar-refractivity contribution is -0.140. The molecule has 0 saturated heterocycles. The van der Waals surface area contributed by atoms with Gasteiger partial charge in [-0.2, -0.15) is 0 Å². The van der Waals surface area contributed by atoms with Gasteiger partial charge in [-0.25, -0.2) is 8.42 Å². The monoisotopic (exact) mass is 617 g/mol. The van der Waals surface area contributed by atoms with Crippen LogP contribution in [0.1, 0.15) is 30.0 Å². The lowest BCUT2D eigenvalue weighted by atomic mass is 10.0. The van der Waals surface area contributed by atoms with E-state index in [1.54, 1.807) is 60.7 Å². The van der Waals surface area contributed by atoms with Crippen LogP contribution in [-0.2, 0) is 32.6 Å². The summed E-state index contributed by atoms with van der Waals surface area (Å²) in [4.78, 5) is 29.6. The van der Waals surface area contributed by atoms with Crippen LogP contribution in [0.3, 0.4) is 0 Å². The summed E-state index contributed by atoms with van der Waals surface area (Å²) in [5.41, 5.74) is 2.80. The van der Waals surface area contributed by atoms with Crippen molar-refractivity contribution < 1.29 is 18.0 Å². The van der Waals surface area contributed by atoms with Gasteiger partial charge in [-0.05, 0) is 54.8 Å². The quantitative estimate of drug-likeness (QED) is 0.199. The Morgan fingerprint density at radius 1 is 0.837 bits per heavy atom. The van der Waals surface area contributed by atoms with Gasteiger partial charge in [0.15, 0.2) is 0 Å². The van der Waals surface area contributed by atoms with Crippen LogP contribution in [0, 0.1) is 6.92 Å². The minimum Gasteiger partial charge on any atom is -0.354 e. The zero-order valence-electron chi connectivity index (χ0n) is 24.3. The Bertz CT molecular complexity index is 1610. The molecule has 7 nitrogen and oxygen atoms in total. The maximum absolute atomic E-state index is 14.4. The molecule has 0 aliphatic heterocycles. The van der Waals surface area contributed by atoms with E-state index in [2.05, 4.69) is 5.32 Å². The van der Waals surface area contributed by atoms with Crippen LogP contribution < -0.4 is 9.62 Å². The molecule has 0 spiro atoms. The number of carbonyl (C=O) groups excluding carboxylic acids is 2. The maximum atomic E-state index is 14.4. The summed E-state index contributed by atoms with van der Waals surface area (Å²) in [6.45, 7) is 3.79. The Hall–Kier alpha value is -4.14. The Kier molecular flexibility index (Phi) is 11.0. The summed E-state index contributed by atoms with van der Waals surface area (Å²) in [6, 6.07) is 30.6. The van der Waals surface area contributed by atoms with Gasteiger partial charge in [0.25, 0.3) is 10.0 Å². The van der Waals surface area contributed by atoms with Crippen LogP contribution in [0.25, 0.3) is 0 Å². The topological polar surface area (TPSA) is 86.8 Å². The first-order valence-electron chi connectivity index (χ1n) is 14.2. The van der Waals surface area contributed by atoms with Gasteiger partial charge < -0.3 is 10.2 Å². The second kappa shape index (κ2) is 14.8. The normalized spacial score (nSPS) is 11.9. The Morgan fingerprint density at radius 2 is 1.44 bits per heavy atom. The van der Waals surface area contributed by atoms with E-state index in [4.69, 9.17) is 11.6 Å². The van der Waals surface area contributed by atoms with Gasteiger partial charge in [0, 0.05) is 24.5 Å². The van der Waals surface area contributed by atoms with Crippen LogP contribution >= 0.6 is 11.6 Å². The lowest BCUT2D eigenvalue weighted by Gasteiger charge is -2.34. The van der Waals surface area contributed by atoms with Gasteiger partial charge in [0.1, 0.15) is 12.6 Å². The van der Waals surface area contributed by atoms with E-state index in [1.165, 1.54) is 17.0 Å². The zero-order valence-corrected chi connectivity index (χ0v) is 25.9. The van der Waals surface area contributed by atoms with Crippen molar-refractivity contribution in [2.24, 2.45) is 0 Å². The Balaban J connectivity index is 1.79. The number of benzene rings is 4. The van der Waals surface area contributed by atoms with Crippen LogP contribution in [0.2, 0.25) is 5.02 Å². The molecule has 1 N–H and O–H groups in total. The first-order chi connectivity index (χ1) is 20.7. The molecule has 4 aromatic rings. The Morgan fingerprint density at radius 3 is 2.07 bits per heavy atom. The number of rotatable bonds is 13. The third kappa shape index (κ3) is 8.24. The molecule has 0 radical (unpaired) electrons. The number of aryl methyl sites for hydroxylation is 1. The molecule has 0 bridgehead atoms. The highest BCUT2D eigenvalue weighted by atomic mass is 35.5. The first-order valence-corrected chi connectivity index (χ1v) is 16.0. The number of amides is 2. The molecule has 0 aromatic heterocycles. The van der Waals surface area contributed by atoms with Crippen molar-refractivity contribution in [3.8, 4) is 0 Å². The molecule has 0 saturated carbocycles. The second-order valence-corrected chi connectivity index (χ2v) is 12.5. The number of carbonyl (C=O) groups is 2. The summed E-state index contributed by atoms with van der Waals surface area (Å²) in [5, 5.41) is 3.38. The summed E-state index contributed by atoms with van der Waals surface area (Å²) in [7, 11) is -4.14. The smallest absolute Gasteiger partial charge is 0.264 e. The van der Waals surface area contributed by atoms with Crippen LogP contribution in [0.4, 0.5) is 5.69 Å². The SMILES string of the molecule is CCCNC(=O)[C@H](Cc1ccccc1)N(Cc1ccccc1Cl)C(=O)CN(c1ccc(C)cc1)S(=O)(=O)c1ccccc1. The van der Waals surface area contributed by atoms with E-state index in [0.717, 1.165) is 21.9 Å². The zero-order chi connectivity index (χ0) is 30.8. The number of nitrogens with zero attached hydrogens (tertiary/aromatic N) is 2. The summed E-state index contributed by atoms with van der Waals surface area (Å²) in [5.74, 6) is -0.855. The van der Waals surface area contributed by atoms with Gasteiger partial charge in [0.2, 0.25) is 11.8 Å². The van der Waals surface area contributed by atoms with E-state index in [1.807, 2.05) is 50.2 Å². The third-order valence-electron chi connectivity index (χ3n) is 7.05. The average molecular weight is 618 g/mol. The van der Waals surface area contributed by atoms with Gasteiger partial charge in [0.05, 0.1) is 10.6 Å². The molecule has 224 valence electrons. The van der Waals surface area contributed by atoms with Crippen molar-refractivity contribution in [3.63, 3.8) is 0 Å². The first kappa shape index (κ1) is 31.8. The van der Waals surface area contributed by atoms with Crippen LogP contribution in [-0.4, -0.2) is 44.3 Å². The van der Waals surface area contributed by atoms with E-state index in [0.29, 0.717) is 22.8 Å². The molecule has 0 unspecified atom stereocenters. The second-order valence-electron chi connectivity index (χ2n) is 10.3. The van der Waals surface area contributed by atoms with E-state index in [-0.39, 0.29) is 23.8 Å². The molecule has 0 aliphatic rings. The van der Waals surface area contributed by atoms with E-state index in [9.17, 15) is 18.0 Å². The highest BCUT2D eigenvalue weighted by molar-refractivity contribution is 7.92. The van der Waals surface area contributed by atoms with Crippen molar-refractivity contribution in [3.05, 3.63) is 131 Å². The number of halogens is 1. The van der Waals surface area contributed by atoms with Crippen LogP contribution in [0.15, 0.2) is 114 Å². The average Bonchev–Trinajstić information content (AvgIpc) is 3.02. The molecule has 9 heteroatoms. The standard InChI is InChI=1S/C34H36ClN3O4S/c1-3-22-36-34(40)32(23-27-12-6-4-7-13-27)37(24-28-14-10-11-17-31(28)35)33(39)25-38(29-20-18-26(2)19-21-29)43(41,42)30-15-8-5-9-16-30/h4-21,32H,3,22-25H2,1-2H3,(H,36,40)/t32-/m0/s1.